The number of aromatic amines is 1. The van der Waals surface area contributed by atoms with Crippen LogP contribution in [0.1, 0.15) is 18.2 Å². The van der Waals surface area contributed by atoms with Crippen LogP contribution in [0.2, 0.25) is 0 Å². The summed E-state index contributed by atoms with van der Waals surface area (Å²) in [6.45, 7) is 4.11. The highest BCUT2D eigenvalue weighted by Crippen LogP contribution is 2.22. The Balaban J connectivity index is 2.54. The fourth-order valence-electron chi connectivity index (χ4n) is 1.93. The molecule has 0 saturated carbocycles. The van der Waals surface area contributed by atoms with E-state index in [1.54, 1.807) is 7.11 Å². The fourth-order valence-corrected chi connectivity index (χ4v) is 2.32. The molecular formula is C14H16N2OS. The van der Waals surface area contributed by atoms with E-state index in [0.717, 1.165) is 34.8 Å². The summed E-state index contributed by atoms with van der Waals surface area (Å²) in [6.07, 6.45) is 0.895. The largest absolute Gasteiger partial charge is 0.497 e. The SMILES string of the molecule is CCc1c(C)[nH]c(-c2cccc(OC)c2)nc1=S. The molecule has 1 aromatic carbocycles. The highest BCUT2D eigenvalue weighted by Gasteiger charge is 2.06. The van der Waals surface area contributed by atoms with Crippen LogP contribution in [0.4, 0.5) is 0 Å². The molecule has 0 aliphatic carbocycles. The summed E-state index contributed by atoms with van der Waals surface area (Å²) in [5.74, 6) is 1.60. The molecule has 0 amide bonds. The molecule has 0 bridgehead atoms. The summed E-state index contributed by atoms with van der Waals surface area (Å²) in [6, 6.07) is 7.78. The lowest BCUT2D eigenvalue weighted by molar-refractivity contribution is 0.415. The molecule has 1 aromatic heterocycles. The van der Waals surface area contributed by atoms with Crippen LogP contribution in [0, 0.1) is 11.6 Å². The summed E-state index contributed by atoms with van der Waals surface area (Å²) in [5, 5.41) is 0. The minimum Gasteiger partial charge on any atom is -0.497 e. The molecular weight excluding hydrogens is 244 g/mol. The molecule has 2 rings (SSSR count). The van der Waals surface area contributed by atoms with Crippen LogP contribution in [0.15, 0.2) is 24.3 Å². The average Bonchev–Trinajstić information content (AvgIpc) is 2.38. The zero-order chi connectivity index (χ0) is 13.1. The van der Waals surface area contributed by atoms with Gasteiger partial charge in [0.05, 0.1) is 7.11 Å². The number of benzene rings is 1. The first-order valence-corrected chi connectivity index (χ1v) is 6.30. The van der Waals surface area contributed by atoms with Crippen LogP contribution in [-0.4, -0.2) is 17.1 Å². The van der Waals surface area contributed by atoms with E-state index >= 15 is 0 Å². The van der Waals surface area contributed by atoms with E-state index in [2.05, 4.69) is 16.9 Å². The highest BCUT2D eigenvalue weighted by molar-refractivity contribution is 7.71. The quantitative estimate of drug-likeness (QED) is 0.855. The lowest BCUT2D eigenvalue weighted by atomic mass is 10.1. The normalized spacial score (nSPS) is 10.4. The van der Waals surface area contributed by atoms with E-state index in [-0.39, 0.29) is 0 Å². The monoisotopic (exact) mass is 260 g/mol. The second-order valence-electron chi connectivity index (χ2n) is 4.08. The van der Waals surface area contributed by atoms with Crippen LogP contribution in [0.5, 0.6) is 5.75 Å². The van der Waals surface area contributed by atoms with Crippen molar-refractivity contribution in [1.82, 2.24) is 9.97 Å². The standard InChI is InChI=1S/C14H16N2OS/c1-4-12-9(2)15-13(16-14(12)18)10-6-5-7-11(8-10)17-3/h5-8H,4H2,1-3H3,(H,15,16,18). The molecule has 0 fully saturated rings. The first-order valence-electron chi connectivity index (χ1n) is 5.90. The Morgan fingerprint density at radius 1 is 1.39 bits per heavy atom. The number of hydrogen-bond acceptors (Lipinski definition) is 3. The Morgan fingerprint density at radius 2 is 2.17 bits per heavy atom. The maximum atomic E-state index is 5.33. The summed E-state index contributed by atoms with van der Waals surface area (Å²) in [5.41, 5.74) is 3.16. The van der Waals surface area contributed by atoms with Crippen molar-refractivity contribution < 1.29 is 4.74 Å². The molecule has 18 heavy (non-hydrogen) atoms. The van der Waals surface area contributed by atoms with Gasteiger partial charge in [0.1, 0.15) is 16.2 Å². The molecule has 0 atom stereocenters. The summed E-state index contributed by atoms with van der Waals surface area (Å²) < 4.78 is 5.89. The predicted molar refractivity (Wildman–Crippen MR) is 75.5 cm³/mol. The molecule has 0 saturated heterocycles. The molecule has 94 valence electrons. The molecule has 1 N–H and O–H groups in total. The van der Waals surface area contributed by atoms with Crippen molar-refractivity contribution in [3.8, 4) is 17.1 Å². The van der Waals surface area contributed by atoms with Crippen molar-refractivity contribution in [1.29, 1.82) is 0 Å². The molecule has 0 unspecified atom stereocenters. The number of nitrogens with one attached hydrogen (secondary N) is 1. The van der Waals surface area contributed by atoms with Crippen molar-refractivity contribution >= 4 is 12.2 Å². The maximum Gasteiger partial charge on any atom is 0.139 e. The van der Waals surface area contributed by atoms with E-state index in [9.17, 15) is 0 Å². The van der Waals surface area contributed by atoms with Gasteiger partial charge in [0.25, 0.3) is 0 Å². The third-order valence-corrected chi connectivity index (χ3v) is 3.26. The second kappa shape index (κ2) is 5.31. The van der Waals surface area contributed by atoms with Gasteiger partial charge in [-0.05, 0) is 25.5 Å². The van der Waals surface area contributed by atoms with Gasteiger partial charge in [-0.1, -0.05) is 31.3 Å². The van der Waals surface area contributed by atoms with E-state index < -0.39 is 0 Å². The van der Waals surface area contributed by atoms with Gasteiger partial charge in [0.15, 0.2) is 0 Å². The van der Waals surface area contributed by atoms with Crippen molar-refractivity contribution in [3.63, 3.8) is 0 Å². The van der Waals surface area contributed by atoms with Crippen LogP contribution in [0.25, 0.3) is 11.4 Å². The van der Waals surface area contributed by atoms with E-state index in [1.165, 1.54) is 0 Å². The number of ether oxygens (including phenoxy) is 1. The highest BCUT2D eigenvalue weighted by atomic mass is 32.1. The third kappa shape index (κ3) is 2.43. The number of aromatic nitrogens is 2. The molecule has 3 nitrogen and oxygen atoms in total. The van der Waals surface area contributed by atoms with Gasteiger partial charge in [0.2, 0.25) is 0 Å². The Morgan fingerprint density at radius 3 is 2.78 bits per heavy atom. The maximum absolute atomic E-state index is 5.33. The number of nitrogens with zero attached hydrogens (tertiary/aromatic N) is 1. The van der Waals surface area contributed by atoms with E-state index in [4.69, 9.17) is 17.0 Å². The van der Waals surface area contributed by atoms with Gasteiger partial charge in [-0.2, -0.15) is 0 Å². The Labute approximate surface area is 112 Å². The van der Waals surface area contributed by atoms with Gasteiger partial charge in [-0.25, -0.2) is 4.98 Å². The van der Waals surface area contributed by atoms with Crippen molar-refractivity contribution in [2.24, 2.45) is 0 Å². The molecule has 0 aliphatic rings. The molecule has 2 aromatic rings. The minimum absolute atomic E-state index is 0.673. The molecule has 0 aliphatic heterocycles. The summed E-state index contributed by atoms with van der Waals surface area (Å²) in [7, 11) is 1.65. The summed E-state index contributed by atoms with van der Waals surface area (Å²) in [4.78, 5) is 7.76. The van der Waals surface area contributed by atoms with Gasteiger partial charge >= 0.3 is 0 Å². The zero-order valence-electron chi connectivity index (χ0n) is 10.8. The number of H-pyrrole nitrogens is 1. The van der Waals surface area contributed by atoms with Gasteiger partial charge < -0.3 is 9.72 Å². The van der Waals surface area contributed by atoms with Crippen LogP contribution >= 0.6 is 12.2 Å². The third-order valence-electron chi connectivity index (χ3n) is 2.93. The van der Waals surface area contributed by atoms with Crippen molar-refractivity contribution in [2.75, 3.05) is 7.11 Å². The van der Waals surface area contributed by atoms with Gasteiger partial charge in [0, 0.05) is 16.8 Å². The Hall–Kier alpha value is -1.68. The lowest BCUT2D eigenvalue weighted by Crippen LogP contribution is -1.99. The smallest absolute Gasteiger partial charge is 0.139 e. The fraction of sp³-hybridized carbons (Fsp3) is 0.286. The Bertz CT molecular complexity index is 619. The van der Waals surface area contributed by atoms with Crippen LogP contribution < -0.4 is 4.74 Å². The number of rotatable bonds is 3. The predicted octanol–water partition coefficient (Wildman–Crippen LogP) is 3.69. The topological polar surface area (TPSA) is 37.9 Å². The molecule has 4 heteroatoms. The van der Waals surface area contributed by atoms with Crippen LogP contribution in [0.3, 0.4) is 0 Å². The van der Waals surface area contributed by atoms with Gasteiger partial charge in [-0.15, -0.1) is 0 Å². The zero-order valence-corrected chi connectivity index (χ0v) is 11.6. The number of hydrogen-bond donors (Lipinski definition) is 1. The molecule has 1 heterocycles. The lowest BCUT2D eigenvalue weighted by Gasteiger charge is -2.08. The second-order valence-corrected chi connectivity index (χ2v) is 4.47. The molecule has 0 radical (unpaired) electrons. The van der Waals surface area contributed by atoms with E-state index in [0.29, 0.717) is 4.64 Å². The first-order chi connectivity index (χ1) is 8.65. The minimum atomic E-state index is 0.673. The van der Waals surface area contributed by atoms with Crippen molar-refractivity contribution in [2.45, 2.75) is 20.3 Å². The van der Waals surface area contributed by atoms with Gasteiger partial charge in [-0.3, -0.25) is 0 Å². The first kappa shape index (κ1) is 12.8. The van der Waals surface area contributed by atoms with Crippen molar-refractivity contribution in [3.05, 3.63) is 40.2 Å². The van der Waals surface area contributed by atoms with E-state index in [1.807, 2.05) is 31.2 Å². The van der Waals surface area contributed by atoms with Crippen LogP contribution in [-0.2, 0) is 6.42 Å². The average molecular weight is 260 g/mol. The molecule has 0 spiro atoms. The number of methoxy groups -OCH3 is 1. The number of aryl methyl sites for hydroxylation is 1. The summed E-state index contributed by atoms with van der Waals surface area (Å²) >= 11 is 5.33. The Kier molecular flexibility index (Phi) is 3.77.